The first-order chi connectivity index (χ1) is 8.54. The van der Waals surface area contributed by atoms with Gasteiger partial charge in [-0.05, 0) is 19.1 Å². The Bertz CT molecular complexity index is 636. The zero-order valence-corrected chi connectivity index (χ0v) is 10.5. The fourth-order valence-corrected chi connectivity index (χ4v) is 3.01. The molecule has 0 aromatic carbocycles. The van der Waals surface area contributed by atoms with Gasteiger partial charge in [-0.1, -0.05) is 0 Å². The monoisotopic (exact) mass is 267 g/mol. The fourth-order valence-electron chi connectivity index (χ4n) is 1.59. The van der Waals surface area contributed by atoms with Crippen molar-refractivity contribution in [1.29, 1.82) is 0 Å². The van der Waals surface area contributed by atoms with Crippen LogP contribution < -0.4 is 10.5 Å². The fraction of sp³-hybridized carbons (Fsp3) is 0.200. The van der Waals surface area contributed by atoms with Crippen molar-refractivity contribution in [2.75, 3.05) is 4.72 Å². The number of nitrogens with one attached hydrogen (secondary N) is 2. The lowest BCUT2D eigenvalue weighted by Gasteiger charge is -2.07. The molecule has 96 valence electrons. The number of nitrogens with two attached hydrogens (primary N) is 1. The van der Waals surface area contributed by atoms with Gasteiger partial charge in [0.2, 0.25) is 0 Å². The molecule has 0 saturated carbocycles. The summed E-state index contributed by atoms with van der Waals surface area (Å²) in [7, 11) is -3.71. The standard InChI is InChI=1S/C10H13N5O2S/c1-7-10(9(5-11)14-13-7)18(16,17)15-8-3-2-4-12-6-8/h2-4,6,15H,5,11H2,1H3,(H,13,14). The van der Waals surface area contributed by atoms with Crippen LogP contribution >= 0.6 is 0 Å². The predicted molar refractivity (Wildman–Crippen MR) is 66.3 cm³/mol. The molecule has 0 spiro atoms. The zero-order chi connectivity index (χ0) is 13.2. The molecule has 0 amide bonds. The highest BCUT2D eigenvalue weighted by Crippen LogP contribution is 2.20. The number of anilines is 1. The van der Waals surface area contributed by atoms with Crippen LogP contribution in [0.25, 0.3) is 0 Å². The first kappa shape index (κ1) is 12.5. The van der Waals surface area contributed by atoms with Crippen LogP contribution in [0.2, 0.25) is 0 Å². The van der Waals surface area contributed by atoms with Crippen LogP contribution in [0.4, 0.5) is 5.69 Å². The number of aryl methyl sites for hydroxylation is 1. The van der Waals surface area contributed by atoms with Crippen LogP contribution in [0.5, 0.6) is 0 Å². The van der Waals surface area contributed by atoms with E-state index < -0.39 is 10.0 Å². The first-order valence-electron chi connectivity index (χ1n) is 5.21. The van der Waals surface area contributed by atoms with Crippen LogP contribution in [-0.2, 0) is 16.6 Å². The molecule has 8 heteroatoms. The van der Waals surface area contributed by atoms with Crippen molar-refractivity contribution in [2.45, 2.75) is 18.4 Å². The summed E-state index contributed by atoms with van der Waals surface area (Å²) in [5.41, 5.74) is 6.62. The summed E-state index contributed by atoms with van der Waals surface area (Å²) in [4.78, 5) is 3.93. The zero-order valence-electron chi connectivity index (χ0n) is 9.71. The minimum absolute atomic E-state index is 0.0492. The van der Waals surface area contributed by atoms with E-state index in [9.17, 15) is 8.42 Å². The first-order valence-corrected chi connectivity index (χ1v) is 6.69. The molecule has 0 aliphatic heterocycles. The third-order valence-corrected chi connectivity index (χ3v) is 3.92. The molecule has 0 aliphatic rings. The van der Waals surface area contributed by atoms with Gasteiger partial charge < -0.3 is 5.73 Å². The van der Waals surface area contributed by atoms with E-state index in [1.165, 1.54) is 6.20 Å². The largest absolute Gasteiger partial charge is 0.325 e. The summed E-state index contributed by atoms with van der Waals surface area (Å²) in [6, 6.07) is 3.26. The molecule has 2 heterocycles. The Morgan fingerprint density at radius 2 is 2.28 bits per heavy atom. The van der Waals surface area contributed by atoms with Crippen molar-refractivity contribution in [3.63, 3.8) is 0 Å². The highest BCUT2D eigenvalue weighted by molar-refractivity contribution is 7.92. The van der Waals surface area contributed by atoms with Crippen LogP contribution in [0.1, 0.15) is 11.4 Å². The molecule has 0 radical (unpaired) electrons. The molecule has 0 saturated heterocycles. The Hall–Kier alpha value is -1.93. The Labute approximate surface area is 104 Å². The molecule has 0 fully saturated rings. The summed E-state index contributed by atoms with van der Waals surface area (Å²) in [6.07, 6.45) is 2.99. The molecule has 4 N–H and O–H groups in total. The summed E-state index contributed by atoms with van der Waals surface area (Å²) in [5, 5.41) is 6.47. The van der Waals surface area contributed by atoms with Crippen molar-refractivity contribution in [1.82, 2.24) is 15.2 Å². The van der Waals surface area contributed by atoms with Crippen molar-refractivity contribution >= 4 is 15.7 Å². The van der Waals surface area contributed by atoms with Gasteiger partial charge in [0.1, 0.15) is 4.90 Å². The van der Waals surface area contributed by atoms with E-state index in [1.807, 2.05) is 0 Å². The normalized spacial score (nSPS) is 11.4. The van der Waals surface area contributed by atoms with E-state index >= 15 is 0 Å². The van der Waals surface area contributed by atoms with Crippen molar-refractivity contribution < 1.29 is 8.42 Å². The van der Waals surface area contributed by atoms with E-state index in [2.05, 4.69) is 19.9 Å². The smallest absolute Gasteiger partial charge is 0.265 e. The molecular formula is C10H13N5O2S. The lowest BCUT2D eigenvalue weighted by atomic mass is 10.4. The second kappa shape index (κ2) is 4.75. The number of aromatic amines is 1. The maximum atomic E-state index is 12.2. The lowest BCUT2D eigenvalue weighted by Crippen LogP contribution is -2.16. The Morgan fingerprint density at radius 3 is 2.89 bits per heavy atom. The number of pyridine rings is 1. The van der Waals surface area contributed by atoms with Crippen LogP contribution in [0, 0.1) is 6.92 Å². The van der Waals surface area contributed by atoms with Crippen molar-refractivity contribution in [3.8, 4) is 0 Å². The highest BCUT2D eigenvalue weighted by Gasteiger charge is 2.23. The third kappa shape index (κ3) is 2.34. The molecule has 7 nitrogen and oxygen atoms in total. The van der Waals surface area contributed by atoms with E-state index in [0.29, 0.717) is 17.1 Å². The molecule has 0 atom stereocenters. The summed E-state index contributed by atoms with van der Waals surface area (Å²) in [5.74, 6) is 0. The minimum Gasteiger partial charge on any atom is -0.325 e. The summed E-state index contributed by atoms with van der Waals surface area (Å²) < 4.78 is 26.8. The topological polar surface area (TPSA) is 114 Å². The van der Waals surface area contributed by atoms with Crippen molar-refractivity contribution in [3.05, 3.63) is 35.9 Å². The Kier molecular flexibility index (Phi) is 3.30. The Morgan fingerprint density at radius 1 is 1.50 bits per heavy atom. The van der Waals surface area contributed by atoms with Gasteiger partial charge in [0.25, 0.3) is 10.0 Å². The molecule has 2 aromatic rings. The van der Waals surface area contributed by atoms with Gasteiger partial charge in [-0.25, -0.2) is 8.42 Å². The van der Waals surface area contributed by atoms with E-state index in [1.54, 1.807) is 25.3 Å². The second-order valence-corrected chi connectivity index (χ2v) is 5.29. The average Bonchev–Trinajstić information content (AvgIpc) is 2.72. The molecule has 0 bridgehead atoms. The molecule has 18 heavy (non-hydrogen) atoms. The van der Waals surface area contributed by atoms with Crippen molar-refractivity contribution in [2.24, 2.45) is 5.73 Å². The third-order valence-electron chi connectivity index (χ3n) is 2.34. The molecular weight excluding hydrogens is 254 g/mol. The predicted octanol–water partition coefficient (Wildman–Crippen LogP) is 0.373. The molecule has 0 unspecified atom stereocenters. The number of aromatic nitrogens is 3. The van der Waals surface area contributed by atoms with Crippen LogP contribution in [0.15, 0.2) is 29.4 Å². The molecule has 2 aromatic heterocycles. The number of nitrogens with zero attached hydrogens (tertiary/aromatic N) is 2. The van der Waals surface area contributed by atoms with Gasteiger partial charge in [0, 0.05) is 12.7 Å². The van der Waals surface area contributed by atoms with Gasteiger partial charge in [-0.15, -0.1) is 0 Å². The van der Waals surface area contributed by atoms with Crippen LogP contribution in [0.3, 0.4) is 0 Å². The number of H-pyrrole nitrogens is 1. The van der Waals surface area contributed by atoms with Gasteiger partial charge in [0.05, 0.1) is 23.3 Å². The van der Waals surface area contributed by atoms with Crippen LogP contribution in [-0.4, -0.2) is 23.6 Å². The van der Waals surface area contributed by atoms with Gasteiger partial charge in [0.15, 0.2) is 0 Å². The van der Waals surface area contributed by atoms with Gasteiger partial charge in [-0.2, -0.15) is 5.10 Å². The second-order valence-electron chi connectivity index (χ2n) is 3.68. The number of hydrogen-bond donors (Lipinski definition) is 3. The average molecular weight is 267 g/mol. The van der Waals surface area contributed by atoms with Gasteiger partial charge >= 0.3 is 0 Å². The maximum absolute atomic E-state index is 12.2. The van der Waals surface area contributed by atoms with E-state index in [0.717, 1.165) is 0 Å². The minimum atomic E-state index is -3.71. The van der Waals surface area contributed by atoms with Gasteiger partial charge in [-0.3, -0.25) is 14.8 Å². The maximum Gasteiger partial charge on any atom is 0.265 e. The summed E-state index contributed by atoms with van der Waals surface area (Å²) in [6.45, 7) is 1.68. The Balaban J connectivity index is 2.40. The molecule has 0 aliphatic carbocycles. The number of sulfonamides is 1. The SMILES string of the molecule is Cc1[nH]nc(CN)c1S(=O)(=O)Nc1cccnc1. The van der Waals surface area contributed by atoms with E-state index in [4.69, 9.17) is 5.73 Å². The lowest BCUT2D eigenvalue weighted by molar-refractivity contribution is 0.599. The molecule has 2 rings (SSSR count). The highest BCUT2D eigenvalue weighted by atomic mass is 32.2. The summed E-state index contributed by atoms with van der Waals surface area (Å²) >= 11 is 0. The quantitative estimate of drug-likeness (QED) is 0.740. The number of rotatable bonds is 4. The van der Waals surface area contributed by atoms with E-state index in [-0.39, 0.29) is 11.4 Å². The number of hydrogen-bond acceptors (Lipinski definition) is 5.